The number of pyridine rings is 1. The number of nitrogens with two attached hydrogens (primary N) is 1. The maximum Gasteiger partial charge on any atom is 0.274 e. The Morgan fingerprint density at radius 1 is 1.36 bits per heavy atom. The van der Waals surface area contributed by atoms with Gasteiger partial charge in [0.2, 0.25) is 5.96 Å². The number of aryl methyl sites for hydroxylation is 1. The quantitative estimate of drug-likeness (QED) is 0.712. The second-order valence-corrected chi connectivity index (χ2v) is 10.5. The number of nitrogens with one attached hydrogen (secondary N) is 1. The lowest BCUT2D eigenvalue weighted by atomic mass is 9.93. The van der Waals surface area contributed by atoms with E-state index < -0.39 is 27.2 Å². The Morgan fingerprint density at radius 2 is 2.15 bits per heavy atom. The molecule has 0 unspecified atom stereocenters. The highest BCUT2D eigenvalue weighted by Crippen LogP contribution is 2.36. The van der Waals surface area contributed by atoms with Gasteiger partial charge in [-0.15, -0.1) is 0 Å². The number of halogens is 1. The predicted octanol–water partition coefficient (Wildman–Crippen LogP) is 2.68. The van der Waals surface area contributed by atoms with Gasteiger partial charge in [0.1, 0.15) is 33.0 Å². The van der Waals surface area contributed by atoms with Crippen LogP contribution in [0, 0.1) is 24.1 Å². The first-order valence-corrected chi connectivity index (χ1v) is 12.1. The molecule has 4 rings (SSSR count). The number of amides is 1. The molecule has 9 nitrogen and oxygen atoms in total. The molecule has 3 N–H and O–H groups in total. The van der Waals surface area contributed by atoms with Crippen LogP contribution < -0.4 is 11.1 Å². The molecule has 1 aromatic heterocycles. The molecule has 2 aromatic rings. The number of hydrogen-bond acceptors (Lipinski definition) is 7. The first-order valence-electron chi connectivity index (χ1n) is 10.5. The van der Waals surface area contributed by atoms with Crippen molar-refractivity contribution in [3.05, 3.63) is 58.7 Å². The summed E-state index contributed by atoms with van der Waals surface area (Å²) in [6.45, 7) is 4.29. The zero-order valence-corrected chi connectivity index (χ0v) is 19.2. The molecule has 0 saturated carbocycles. The summed E-state index contributed by atoms with van der Waals surface area (Å²) in [6, 6.07) is 7.67. The average molecular weight is 470 g/mol. The molecule has 2 aliphatic rings. The molecule has 33 heavy (non-hydrogen) atoms. The third-order valence-corrected chi connectivity index (χ3v) is 8.30. The molecule has 3 heterocycles. The van der Waals surface area contributed by atoms with Crippen LogP contribution in [0.5, 0.6) is 0 Å². The van der Waals surface area contributed by atoms with Crippen LogP contribution in [0.1, 0.15) is 46.9 Å². The van der Waals surface area contributed by atoms with Crippen LogP contribution >= 0.6 is 0 Å². The van der Waals surface area contributed by atoms with Crippen molar-refractivity contribution in [2.75, 3.05) is 24.2 Å². The van der Waals surface area contributed by atoms with E-state index in [1.165, 1.54) is 28.7 Å². The summed E-state index contributed by atoms with van der Waals surface area (Å²) in [5.74, 6) is -0.983. The van der Waals surface area contributed by atoms with E-state index in [-0.39, 0.29) is 23.0 Å². The van der Waals surface area contributed by atoms with Gasteiger partial charge in [0.25, 0.3) is 5.91 Å². The number of fused-ring (bicyclic) bond motifs is 1. The molecule has 2 aliphatic heterocycles. The molecule has 0 aliphatic carbocycles. The molecule has 2 atom stereocenters. The highest BCUT2D eigenvalue weighted by molar-refractivity contribution is 7.92. The molecule has 0 fully saturated rings. The van der Waals surface area contributed by atoms with E-state index in [0.717, 1.165) is 12.8 Å². The number of carbonyl (C=O) groups excluding carboxylic acids is 1. The summed E-state index contributed by atoms with van der Waals surface area (Å²) >= 11 is 0. The maximum atomic E-state index is 15.0. The van der Waals surface area contributed by atoms with Crippen LogP contribution in [0.2, 0.25) is 0 Å². The molecule has 0 radical (unpaired) electrons. The number of benzene rings is 1. The Kier molecular flexibility index (Phi) is 5.80. The van der Waals surface area contributed by atoms with Gasteiger partial charge in [-0.1, -0.05) is 0 Å². The maximum absolute atomic E-state index is 15.0. The van der Waals surface area contributed by atoms with Gasteiger partial charge in [0, 0.05) is 24.0 Å². The van der Waals surface area contributed by atoms with Crippen molar-refractivity contribution < 1.29 is 13.4 Å². The Bertz CT molecular complexity index is 1330. The average Bonchev–Trinajstić information content (AvgIpc) is 2.95. The highest BCUT2D eigenvalue weighted by atomic mass is 32.2. The van der Waals surface area contributed by atoms with Crippen molar-refractivity contribution in [2.24, 2.45) is 15.1 Å². The lowest BCUT2D eigenvalue weighted by molar-refractivity contribution is 0.102. The van der Waals surface area contributed by atoms with Gasteiger partial charge in [-0.3, -0.25) is 9.10 Å². The van der Waals surface area contributed by atoms with Crippen molar-refractivity contribution in [1.29, 1.82) is 5.26 Å². The summed E-state index contributed by atoms with van der Waals surface area (Å²) in [5, 5.41) is 11.7. The number of aromatic nitrogens is 1. The minimum atomic E-state index is -2.87. The molecule has 0 spiro atoms. The van der Waals surface area contributed by atoms with Crippen LogP contribution in [0.25, 0.3) is 0 Å². The van der Waals surface area contributed by atoms with Crippen molar-refractivity contribution in [1.82, 2.24) is 9.29 Å². The molecular weight excluding hydrogens is 445 g/mol. The minimum absolute atomic E-state index is 0.00863. The largest absolute Gasteiger partial charge is 0.369 e. The van der Waals surface area contributed by atoms with Gasteiger partial charge in [0.05, 0.1) is 17.9 Å². The van der Waals surface area contributed by atoms with E-state index in [0.29, 0.717) is 29.9 Å². The molecule has 0 bridgehead atoms. The van der Waals surface area contributed by atoms with Gasteiger partial charge < -0.3 is 11.1 Å². The number of rotatable bonds is 3. The second-order valence-electron chi connectivity index (χ2n) is 8.31. The van der Waals surface area contributed by atoms with Crippen LogP contribution in [0.3, 0.4) is 0 Å². The number of carbonyl (C=O) groups is 1. The fourth-order valence-corrected chi connectivity index (χ4v) is 6.60. The Hall–Kier alpha value is -3.52. The van der Waals surface area contributed by atoms with Crippen LogP contribution in [0.4, 0.5) is 10.1 Å². The Morgan fingerprint density at radius 3 is 2.88 bits per heavy atom. The number of hydrogen-bond donors (Lipinski definition) is 2. The lowest BCUT2D eigenvalue weighted by Crippen LogP contribution is -2.52. The van der Waals surface area contributed by atoms with Crippen LogP contribution in [0.15, 0.2) is 39.8 Å². The summed E-state index contributed by atoms with van der Waals surface area (Å²) < 4.78 is 34.5. The number of nitrogens with zero attached hydrogens (tertiary/aromatic N) is 5. The topological polar surface area (TPSA) is 137 Å². The second kappa shape index (κ2) is 8.44. The number of anilines is 1. The number of aliphatic imine (C=N–C) groups is 1. The third-order valence-electron chi connectivity index (χ3n) is 5.72. The first kappa shape index (κ1) is 22.7. The van der Waals surface area contributed by atoms with E-state index in [9.17, 15) is 13.4 Å². The van der Waals surface area contributed by atoms with Crippen LogP contribution in [-0.4, -0.2) is 44.2 Å². The zero-order chi connectivity index (χ0) is 23.8. The molecule has 1 aromatic carbocycles. The number of guanidine groups is 1. The fourth-order valence-electron chi connectivity index (χ4n) is 4.10. The van der Waals surface area contributed by atoms with Crippen molar-refractivity contribution >= 4 is 27.5 Å². The molecule has 1 amide bonds. The monoisotopic (exact) mass is 469 g/mol. The van der Waals surface area contributed by atoms with Crippen molar-refractivity contribution in [2.45, 2.75) is 32.2 Å². The van der Waals surface area contributed by atoms with Gasteiger partial charge >= 0.3 is 0 Å². The summed E-state index contributed by atoms with van der Waals surface area (Å²) in [6.07, 6.45) is 2.92. The Labute approximate surface area is 191 Å². The van der Waals surface area contributed by atoms with Crippen LogP contribution in [-0.2, 0) is 15.5 Å². The summed E-state index contributed by atoms with van der Waals surface area (Å²) in [4.78, 5) is 21.3. The van der Waals surface area contributed by atoms with Crippen molar-refractivity contribution in [3.63, 3.8) is 0 Å². The summed E-state index contributed by atoms with van der Waals surface area (Å²) in [7, 11) is -2.87. The first-order chi connectivity index (χ1) is 15.6. The molecule has 11 heteroatoms. The summed E-state index contributed by atoms with van der Waals surface area (Å²) in [5.41, 5.74) is 6.46. The van der Waals surface area contributed by atoms with E-state index in [1.54, 1.807) is 19.9 Å². The predicted molar refractivity (Wildman–Crippen MR) is 123 cm³/mol. The third kappa shape index (κ3) is 4.26. The Balaban J connectivity index is 1.68. The SMILES string of the molecule is Cc1cc(C#N)cnc1C(=O)Nc1ccc(F)c([C@]2(C)C[S@]3(=O)=NCCCCN3C(N)=N2)c1. The molecular formula is C22H24FN7O2S. The van der Waals surface area contributed by atoms with E-state index >= 15 is 0 Å². The lowest BCUT2D eigenvalue weighted by Gasteiger charge is -2.38. The molecule has 172 valence electrons. The van der Waals surface area contributed by atoms with E-state index in [1.807, 2.05) is 6.07 Å². The zero-order valence-electron chi connectivity index (χ0n) is 18.3. The van der Waals surface area contributed by atoms with E-state index in [2.05, 4.69) is 19.7 Å². The number of nitriles is 1. The van der Waals surface area contributed by atoms with Gasteiger partial charge in [-0.2, -0.15) is 5.26 Å². The van der Waals surface area contributed by atoms with Gasteiger partial charge in [-0.25, -0.2) is 22.9 Å². The minimum Gasteiger partial charge on any atom is -0.369 e. The van der Waals surface area contributed by atoms with Gasteiger partial charge in [-0.05, 0) is 56.5 Å². The molecule has 0 saturated heterocycles. The normalized spacial score (nSPS) is 24.5. The smallest absolute Gasteiger partial charge is 0.274 e. The fraction of sp³-hybridized carbons (Fsp3) is 0.364. The van der Waals surface area contributed by atoms with Gasteiger partial charge in [0.15, 0.2) is 0 Å². The highest BCUT2D eigenvalue weighted by Gasteiger charge is 2.42. The van der Waals surface area contributed by atoms with E-state index in [4.69, 9.17) is 11.0 Å². The van der Waals surface area contributed by atoms with Crippen molar-refractivity contribution in [3.8, 4) is 6.07 Å². The standard InChI is InChI=1S/C22H24FN7O2S/c1-14-9-15(11-24)12-26-19(14)20(31)28-16-5-6-18(23)17(10-16)22(2)13-33(32)27-7-3-4-8-30(33)21(25)29-22/h5-6,9-10,12H,3-4,7-8,13H2,1-2H3,(H2,25,29)(H,28,31)/t22-,33-/m0/s1.